The van der Waals surface area contributed by atoms with Crippen molar-refractivity contribution >= 4 is 38.4 Å². The predicted octanol–water partition coefficient (Wildman–Crippen LogP) is 1.57. The number of carboxylic acid groups (broad SMARTS) is 1. The number of benzene rings is 2. The van der Waals surface area contributed by atoms with Crippen LogP contribution < -0.4 is 9.62 Å². The van der Waals surface area contributed by atoms with Crippen LogP contribution in [0.3, 0.4) is 0 Å². The van der Waals surface area contributed by atoms with Crippen molar-refractivity contribution in [3.8, 4) is 0 Å². The van der Waals surface area contributed by atoms with Gasteiger partial charge in [-0.3, -0.25) is 9.10 Å². The van der Waals surface area contributed by atoms with Crippen molar-refractivity contribution in [3.63, 3.8) is 0 Å². The molecule has 0 aliphatic carbocycles. The highest BCUT2D eigenvalue weighted by atomic mass is 32.2. The molecule has 8 heteroatoms. The molecule has 2 aromatic carbocycles. The molecule has 0 spiro atoms. The number of hydrogen-bond acceptors (Lipinski definition) is 4. The van der Waals surface area contributed by atoms with Crippen LogP contribution in [0.1, 0.15) is 13.8 Å². The summed E-state index contributed by atoms with van der Waals surface area (Å²) in [4.78, 5) is 23.7. The van der Waals surface area contributed by atoms with Gasteiger partial charge in [0.1, 0.15) is 12.6 Å². The third-order valence-electron chi connectivity index (χ3n) is 4.22. The zero-order valence-electron chi connectivity index (χ0n) is 13.8. The highest BCUT2D eigenvalue weighted by Crippen LogP contribution is 2.41. The average molecular weight is 362 g/mol. The van der Waals surface area contributed by atoms with E-state index in [9.17, 15) is 23.1 Å². The van der Waals surface area contributed by atoms with Gasteiger partial charge in [0.2, 0.25) is 5.91 Å². The third kappa shape index (κ3) is 2.82. The van der Waals surface area contributed by atoms with Gasteiger partial charge in [0.25, 0.3) is 10.0 Å². The van der Waals surface area contributed by atoms with Gasteiger partial charge >= 0.3 is 5.97 Å². The van der Waals surface area contributed by atoms with Gasteiger partial charge in [0.05, 0.1) is 10.6 Å². The van der Waals surface area contributed by atoms with E-state index in [4.69, 9.17) is 0 Å². The van der Waals surface area contributed by atoms with Crippen molar-refractivity contribution in [2.24, 2.45) is 5.92 Å². The summed E-state index contributed by atoms with van der Waals surface area (Å²) in [5, 5.41) is 12.9. The lowest BCUT2D eigenvalue weighted by Gasteiger charge is -2.22. The number of nitrogens with one attached hydrogen (secondary N) is 1. The summed E-state index contributed by atoms with van der Waals surface area (Å²) in [6.45, 7) is 2.87. The third-order valence-corrected chi connectivity index (χ3v) is 6.02. The Morgan fingerprint density at radius 1 is 1.16 bits per heavy atom. The van der Waals surface area contributed by atoms with E-state index in [2.05, 4.69) is 5.32 Å². The number of hydrogen-bond donors (Lipinski definition) is 2. The van der Waals surface area contributed by atoms with Crippen LogP contribution in [0.4, 0.5) is 5.69 Å². The number of anilines is 1. The van der Waals surface area contributed by atoms with Gasteiger partial charge in [-0.2, -0.15) is 0 Å². The number of carboxylic acids is 1. The number of rotatable bonds is 5. The van der Waals surface area contributed by atoms with Gasteiger partial charge in [-0.25, -0.2) is 13.2 Å². The predicted molar refractivity (Wildman–Crippen MR) is 92.9 cm³/mol. The molecule has 0 saturated carbocycles. The first kappa shape index (κ1) is 17.2. The second-order valence-electron chi connectivity index (χ2n) is 6.27. The van der Waals surface area contributed by atoms with Crippen molar-refractivity contribution in [2.45, 2.75) is 24.8 Å². The summed E-state index contributed by atoms with van der Waals surface area (Å²) in [5.74, 6) is -2.13. The van der Waals surface area contributed by atoms with Crippen LogP contribution in [0.5, 0.6) is 0 Å². The van der Waals surface area contributed by atoms with E-state index >= 15 is 0 Å². The minimum Gasteiger partial charge on any atom is -0.480 e. The molecule has 0 radical (unpaired) electrons. The van der Waals surface area contributed by atoms with Crippen molar-refractivity contribution in [3.05, 3.63) is 36.4 Å². The lowest BCUT2D eigenvalue weighted by atomic mass is 10.0. The Bertz CT molecular complexity index is 963. The number of aliphatic carboxylic acids is 1. The standard InChI is InChI=1S/C17H18N2O5S/c1-10(2)16(17(21)22)18-14(20)9-19-12-7-3-5-11-6-4-8-13(15(11)12)25(19,23)24/h3-8,10,16H,9H2,1-2H3,(H,18,20)(H,21,22)/t16-/m0/s1. The first-order chi connectivity index (χ1) is 11.7. The SMILES string of the molecule is CC(C)[C@H](NC(=O)CN1c2cccc3cccc(c23)S1(=O)=O)C(=O)O. The van der Waals surface area contributed by atoms with Crippen LogP contribution in [0.25, 0.3) is 10.8 Å². The molecule has 2 N–H and O–H groups in total. The van der Waals surface area contributed by atoms with Crippen molar-refractivity contribution in [2.75, 3.05) is 10.8 Å². The number of carbonyl (C=O) groups excluding carboxylic acids is 1. The number of amides is 1. The van der Waals surface area contributed by atoms with Crippen LogP contribution in [0.2, 0.25) is 0 Å². The van der Waals surface area contributed by atoms with Crippen molar-refractivity contribution in [1.29, 1.82) is 0 Å². The zero-order valence-corrected chi connectivity index (χ0v) is 14.6. The van der Waals surface area contributed by atoms with E-state index in [1.165, 1.54) is 6.07 Å². The fourth-order valence-electron chi connectivity index (χ4n) is 2.99. The molecular formula is C17H18N2O5S. The monoisotopic (exact) mass is 362 g/mol. The molecule has 7 nitrogen and oxygen atoms in total. The largest absolute Gasteiger partial charge is 0.480 e. The van der Waals surface area contributed by atoms with Crippen molar-refractivity contribution < 1.29 is 23.1 Å². The molecule has 0 saturated heterocycles. The van der Waals surface area contributed by atoms with E-state index in [1.54, 1.807) is 44.2 Å². The Balaban J connectivity index is 1.93. The van der Waals surface area contributed by atoms with Crippen LogP contribution in [-0.2, 0) is 19.6 Å². The van der Waals surface area contributed by atoms with E-state index in [-0.39, 0.29) is 10.8 Å². The maximum absolute atomic E-state index is 12.8. The van der Waals surface area contributed by atoms with Crippen LogP contribution in [-0.4, -0.2) is 38.0 Å². The number of carbonyl (C=O) groups is 2. The van der Waals surface area contributed by atoms with E-state index in [0.29, 0.717) is 11.1 Å². The quantitative estimate of drug-likeness (QED) is 0.840. The molecular weight excluding hydrogens is 344 g/mol. The van der Waals surface area contributed by atoms with Crippen LogP contribution in [0.15, 0.2) is 41.3 Å². The highest BCUT2D eigenvalue weighted by molar-refractivity contribution is 7.93. The molecule has 1 atom stereocenters. The average Bonchev–Trinajstić information content (AvgIpc) is 2.76. The first-order valence-corrected chi connectivity index (χ1v) is 9.24. The molecule has 1 aliphatic rings. The molecule has 0 bridgehead atoms. The normalized spacial score (nSPS) is 16.2. The Morgan fingerprint density at radius 3 is 2.40 bits per heavy atom. The minimum absolute atomic E-state index is 0.159. The Kier molecular flexibility index (Phi) is 4.16. The van der Waals surface area contributed by atoms with Crippen molar-refractivity contribution in [1.82, 2.24) is 5.32 Å². The van der Waals surface area contributed by atoms with Gasteiger partial charge in [-0.15, -0.1) is 0 Å². The lowest BCUT2D eigenvalue weighted by molar-refractivity contribution is -0.142. The van der Waals surface area contributed by atoms with Gasteiger partial charge < -0.3 is 10.4 Å². The lowest BCUT2D eigenvalue weighted by Crippen LogP contribution is -2.48. The van der Waals surface area contributed by atoms with Crippen LogP contribution in [0, 0.1) is 5.92 Å². The number of sulfonamides is 1. The maximum Gasteiger partial charge on any atom is 0.326 e. The molecule has 1 amide bonds. The molecule has 3 rings (SSSR count). The molecule has 0 fully saturated rings. The zero-order chi connectivity index (χ0) is 18.4. The first-order valence-electron chi connectivity index (χ1n) is 7.80. The maximum atomic E-state index is 12.8. The Labute approximate surface area is 145 Å². The molecule has 1 heterocycles. The van der Waals surface area contributed by atoms with E-state index in [0.717, 1.165) is 9.69 Å². The van der Waals surface area contributed by atoms with E-state index < -0.39 is 34.5 Å². The van der Waals surface area contributed by atoms with Crippen LogP contribution >= 0.6 is 0 Å². The van der Waals surface area contributed by atoms with Gasteiger partial charge in [-0.1, -0.05) is 38.1 Å². The summed E-state index contributed by atoms with van der Waals surface area (Å²) in [5.41, 5.74) is 0.430. The summed E-state index contributed by atoms with van der Waals surface area (Å²) < 4.78 is 26.6. The summed E-state index contributed by atoms with van der Waals surface area (Å²) >= 11 is 0. The molecule has 1 aliphatic heterocycles. The van der Waals surface area contributed by atoms with Gasteiger partial charge in [-0.05, 0) is 23.4 Å². The topological polar surface area (TPSA) is 104 Å². The smallest absolute Gasteiger partial charge is 0.326 e. The fourth-order valence-corrected chi connectivity index (χ4v) is 4.66. The Hall–Kier alpha value is -2.61. The number of nitrogens with zero attached hydrogens (tertiary/aromatic N) is 1. The summed E-state index contributed by atoms with van der Waals surface area (Å²) in [6.07, 6.45) is 0. The fraction of sp³-hybridized carbons (Fsp3) is 0.294. The Morgan fingerprint density at radius 2 is 1.80 bits per heavy atom. The van der Waals surface area contributed by atoms with Gasteiger partial charge in [0.15, 0.2) is 0 Å². The van der Waals surface area contributed by atoms with E-state index in [1.807, 2.05) is 0 Å². The molecule has 0 aromatic heterocycles. The second kappa shape index (κ2) is 6.03. The second-order valence-corrected chi connectivity index (χ2v) is 8.10. The molecule has 0 unspecified atom stereocenters. The molecule has 25 heavy (non-hydrogen) atoms. The summed E-state index contributed by atoms with van der Waals surface area (Å²) in [6, 6.07) is 9.06. The minimum atomic E-state index is -3.84. The molecule has 2 aromatic rings. The highest BCUT2D eigenvalue weighted by Gasteiger charge is 2.37. The van der Waals surface area contributed by atoms with Gasteiger partial charge in [0, 0.05) is 5.39 Å². The summed E-state index contributed by atoms with van der Waals surface area (Å²) in [7, 11) is -3.84. The molecule has 132 valence electrons.